The lowest BCUT2D eigenvalue weighted by atomic mass is 10.0. The molecule has 1 aromatic heterocycles. The third-order valence-electron chi connectivity index (χ3n) is 2.96. The van der Waals surface area contributed by atoms with E-state index in [0.717, 1.165) is 21.8 Å². The Labute approximate surface area is 109 Å². The fourth-order valence-electron chi connectivity index (χ4n) is 1.99. The van der Waals surface area contributed by atoms with Crippen LogP contribution in [0.15, 0.2) is 29.6 Å². The summed E-state index contributed by atoms with van der Waals surface area (Å²) in [5.41, 5.74) is 7.42. The minimum atomic E-state index is -0.668. The number of ether oxygens (including phenoxy) is 2. The molecule has 18 heavy (non-hydrogen) atoms. The Bertz CT molecular complexity index is 567. The smallest absolute Gasteiger partial charge is 0.231 e. The number of benzene rings is 1. The molecule has 0 saturated heterocycles. The maximum Gasteiger partial charge on any atom is 0.231 e. The average Bonchev–Trinajstić information content (AvgIpc) is 3.05. The summed E-state index contributed by atoms with van der Waals surface area (Å²) in [4.78, 5) is 0.886. The number of aliphatic hydroxyl groups is 1. The van der Waals surface area contributed by atoms with Gasteiger partial charge < -0.3 is 20.3 Å². The van der Waals surface area contributed by atoms with Gasteiger partial charge in [0.1, 0.15) is 6.10 Å². The van der Waals surface area contributed by atoms with Gasteiger partial charge >= 0.3 is 0 Å². The van der Waals surface area contributed by atoms with Crippen molar-refractivity contribution < 1.29 is 14.6 Å². The summed E-state index contributed by atoms with van der Waals surface area (Å²) >= 11 is 1.51. The summed E-state index contributed by atoms with van der Waals surface area (Å²) in [5.74, 6) is 1.40. The van der Waals surface area contributed by atoms with Gasteiger partial charge in [0, 0.05) is 11.4 Å². The van der Waals surface area contributed by atoms with Crippen LogP contribution < -0.4 is 15.2 Å². The van der Waals surface area contributed by atoms with Crippen molar-refractivity contribution in [1.29, 1.82) is 0 Å². The van der Waals surface area contributed by atoms with E-state index in [9.17, 15) is 5.11 Å². The predicted octanol–water partition coefficient (Wildman–Crippen LogP) is 2.02. The van der Waals surface area contributed by atoms with Crippen LogP contribution in [0, 0.1) is 0 Å². The minimum Gasteiger partial charge on any atom is -0.454 e. The van der Waals surface area contributed by atoms with Crippen molar-refractivity contribution in [1.82, 2.24) is 0 Å². The predicted molar refractivity (Wildman–Crippen MR) is 68.8 cm³/mol. The Hall–Kier alpha value is -1.56. The molecule has 2 aromatic rings. The maximum absolute atomic E-state index is 10.4. The lowest BCUT2D eigenvalue weighted by Crippen LogP contribution is -2.04. The van der Waals surface area contributed by atoms with Gasteiger partial charge in [-0.15, -0.1) is 11.3 Å². The zero-order valence-electron chi connectivity index (χ0n) is 9.63. The molecule has 0 aliphatic carbocycles. The van der Waals surface area contributed by atoms with Crippen LogP contribution in [-0.4, -0.2) is 11.9 Å². The Balaban J connectivity index is 1.95. The number of hydrogen-bond donors (Lipinski definition) is 2. The van der Waals surface area contributed by atoms with Crippen LogP contribution >= 0.6 is 11.3 Å². The first kappa shape index (κ1) is 11.5. The lowest BCUT2D eigenvalue weighted by molar-refractivity contribution is 0.173. The summed E-state index contributed by atoms with van der Waals surface area (Å²) in [6.45, 7) is 0.669. The monoisotopic (exact) mass is 263 g/mol. The van der Waals surface area contributed by atoms with Gasteiger partial charge in [-0.3, -0.25) is 0 Å². The molecule has 2 heterocycles. The largest absolute Gasteiger partial charge is 0.454 e. The molecule has 1 unspecified atom stereocenters. The minimum absolute atomic E-state index is 0.238. The molecule has 4 nitrogen and oxygen atoms in total. The molecule has 1 atom stereocenters. The van der Waals surface area contributed by atoms with E-state index >= 15 is 0 Å². The van der Waals surface area contributed by atoms with Crippen LogP contribution in [0.25, 0.3) is 0 Å². The highest BCUT2D eigenvalue weighted by Crippen LogP contribution is 2.37. The van der Waals surface area contributed by atoms with Crippen LogP contribution in [0.3, 0.4) is 0 Å². The SMILES string of the molecule is NCc1ccsc1C(O)c1ccc2c(c1)OCO2. The van der Waals surface area contributed by atoms with Crippen molar-refractivity contribution >= 4 is 11.3 Å². The van der Waals surface area contributed by atoms with E-state index in [-0.39, 0.29) is 6.79 Å². The Kier molecular flexibility index (Phi) is 2.95. The van der Waals surface area contributed by atoms with E-state index in [0.29, 0.717) is 12.3 Å². The van der Waals surface area contributed by atoms with Crippen molar-refractivity contribution in [3.05, 3.63) is 45.6 Å². The van der Waals surface area contributed by atoms with Gasteiger partial charge in [0.25, 0.3) is 0 Å². The second-order valence-corrected chi connectivity index (χ2v) is 4.98. The summed E-state index contributed by atoms with van der Waals surface area (Å²) in [6, 6.07) is 7.41. The zero-order chi connectivity index (χ0) is 12.5. The summed E-state index contributed by atoms with van der Waals surface area (Å²) in [5, 5.41) is 12.3. The molecule has 0 saturated carbocycles. The number of hydrogen-bond acceptors (Lipinski definition) is 5. The molecule has 1 aromatic carbocycles. The Morgan fingerprint density at radius 1 is 1.28 bits per heavy atom. The second-order valence-electron chi connectivity index (χ2n) is 4.03. The van der Waals surface area contributed by atoms with Gasteiger partial charge in [0.15, 0.2) is 11.5 Å². The number of fused-ring (bicyclic) bond motifs is 1. The standard InChI is InChI=1S/C13H13NO3S/c14-6-9-3-4-18-13(9)12(15)8-1-2-10-11(5-8)17-7-16-10/h1-5,12,15H,6-7,14H2. The quantitative estimate of drug-likeness (QED) is 0.889. The van der Waals surface area contributed by atoms with Crippen LogP contribution in [0.1, 0.15) is 22.1 Å². The van der Waals surface area contributed by atoms with Gasteiger partial charge in [-0.05, 0) is 34.7 Å². The summed E-state index contributed by atoms with van der Waals surface area (Å²) < 4.78 is 10.6. The third kappa shape index (κ3) is 1.86. The normalized spacial score (nSPS) is 14.8. The van der Waals surface area contributed by atoms with Crippen LogP contribution in [0.4, 0.5) is 0 Å². The molecule has 0 amide bonds. The summed E-state index contributed by atoms with van der Waals surface area (Å²) in [6.07, 6.45) is -0.668. The maximum atomic E-state index is 10.4. The molecular formula is C13H13NO3S. The number of aliphatic hydroxyl groups excluding tert-OH is 1. The van der Waals surface area contributed by atoms with Crippen LogP contribution in [-0.2, 0) is 6.54 Å². The lowest BCUT2D eigenvalue weighted by Gasteiger charge is -2.11. The number of thiophene rings is 1. The molecule has 0 radical (unpaired) electrons. The molecule has 5 heteroatoms. The van der Waals surface area contributed by atoms with Crippen LogP contribution in [0.2, 0.25) is 0 Å². The second kappa shape index (κ2) is 4.61. The molecule has 0 bridgehead atoms. The number of rotatable bonds is 3. The fraction of sp³-hybridized carbons (Fsp3) is 0.231. The van der Waals surface area contributed by atoms with Gasteiger partial charge in [-0.2, -0.15) is 0 Å². The Morgan fingerprint density at radius 3 is 2.94 bits per heavy atom. The van der Waals surface area contributed by atoms with Crippen molar-refractivity contribution in [3.8, 4) is 11.5 Å². The highest BCUT2D eigenvalue weighted by Gasteiger charge is 2.19. The number of nitrogens with two attached hydrogens (primary N) is 1. The van der Waals surface area contributed by atoms with Gasteiger partial charge in [0.05, 0.1) is 0 Å². The van der Waals surface area contributed by atoms with Crippen molar-refractivity contribution in [2.75, 3.05) is 6.79 Å². The fourth-order valence-corrected chi connectivity index (χ4v) is 2.94. The molecular weight excluding hydrogens is 250 g/mol. The first-order valence-electron chi connectivity index (χ1n) is 5.63. The highest BCUT2D eigenvalue weighted by atomic mass is 32.1. The molecule has 0 fully saturated rings. The van der Waals surface area contributed by atoms with E-state index in [1.54, 1.807) is 0 Å². The third-order valence-corrected chi connectivity index (χ3v) is 3.97. The first-order valence-corrected chi connectivity index (χ1v) is 6.51. The van der Waals surface area contributed by atoms with E-state index in [1.165, 1.54) is 11.3 Å². The van der Waals surface area contributed by atoms with Crippen LogP contribution in [0.5, 0.6) is 11.5 Å². The highest BCUT2D eigenvalue weighted by molar-refractivity contribution is 7.10. The molecule has 0 spiro atoms. The van der Waals surface area contributed by atoms with E-state index in [1.807, 2.05) is 29.6 Å². The molecule has 1 aliphatic heterocycles. The van der Waals surface area contributed by atoms with Crippen molar-refractivity contribution in [3.63, 3.8) is 0 Å². The topological polar surface area (TPSA) is 64.7 Å². The first-order chi connectivity index (χ1) is 8.79. The van der Waals surface area contributed by atoms with Gasteiger partial charge in [-0.25, -0.2) is 0 Å². The summed E-state index contributed by atoms with van der Waals surface area (Å²) in [7, 11) is 0. The van der Waals surface area contributed by atoms with Crippen molar-refractivity contribution in [2.45, 2.75) is 12.6 Å². The molecule has 1 aliphatic rings. The Morgan fingerprint density at radius 2 is 2.11 bits per heavy atom. The average molecular weight is 263 g/mol. The van der Waals surface area contributed by atoms with Gasteiger partial charge in [-0.1, -0.05) is 6.07 Å². The molecule has 3 rings (SSSR count). The van der Waals surface area contributed by atoms with E-state index in [2.05, 4.69) is 0 Å². The molecule has 3 N–H and O–H groups in total. The van der Waals surface area contributed by atoms with Crippen molar-refractivity contribution in [2.24, 2.45) is 5.73 Å². The van der Waals surface area contributed by atoms with E-state index in [4.69, 9.17) is 15.2 Å². The van der Waals surface area contributed by atoms with Gasteiger partial charge in [0.2, 0.25) is 6.79 Å². The zero-order valence-corrected chi connectivity index (χ0v) is 10.4. The van der Waals surface area contributed by atoms with E-state index < -0.39 is 6.10 Å². The molecule has 94 valence electrons.